The Balaban J connectivity index is -0.000000320. The fraction of sp³-hybridized carbons (Fsp3) is 0.571. The van der Waals surface area contributed by atoms with Gasteiger partial charge in [-0.15, -0.1) is 0 Å². The molecule has 0 aromatic rings. The summed E-state index contributed by atoms with van der Waals surface area (Å²) in [7, 11) is 1.15. The monoisotopic (exact) mass is 162 g/mol. The molecule has 0 spiro atoms. The lowest BCUT2D eigenvalue weighted by Crippen LogP contribution is -2.09. The van der Waals surface area contributed by atoms with Gasteiger partial charge in [0.25, 0.3) is 0 Å². The number of Topliss-reactive ketones (excluding diaryl/α,β-unsaturated/α-hetero) is 1. The summed E-state index contributed by atoms with van der Waals surface area (Å²) in [5.74, 6) is -1.45. The van der Waals surface area contributed by atoms with Crippen molar-refractivity contribution in [2.45, 2.75) is 21.3 Å². The third kappa shape index (κ3) is 8.81. The molecule has 0 saturated heterocycles. The van der Waals surface area contributed by atoms with E-state index in [4.69, 9.17) is 0 Å². The van der Waals surface area contributed by atoms with Crippen molar-refractivity contribution < 1.29 is 19.1 Å². The van der Waals surface area contributed by atoms with Crippen molar-refractivity contribution in [3.8, 4) is 0 Å². The molecule has 0 aromatic carbocycles. The fourth-order valence-corrected chi connectivity index (χ4v) is 0.256. The van der Waals surface area contributed by atoms with Crippen LogP contribution in [0.1, 0.15) is 21.3 Å². The molecule has 0 atom stereocenters. The molecule has 11 heavy (non-hydrogen) atoms. The number of methoxy groups -OCH3 is 1. The van der Waals surface area contributed by atoms with E-state index >= 15 is 0 Å². The highest BCUT2D eigenvalue weighted by Gasteiger charge is 2.06. The Hall–Kier alpha value is -1.19. The van der Waals surface area contributed by atoms with E-state index in [1.807, 2.05) is 0 Å². The summed E-state index contributed by atoms with van der Waals surface area (Å²) < 4.78 is 4.10. The van der Waals surface area contributed by atoms with Gasteiger partial charge in [0.1, 0.15) is 6.42 Å². The van der Waals surface area contributed by atoms with Gasteiger partial charge in [0.05, 0.1) is 7.11 Å². The zero-order chi connectivity index (χ0) is 7.28. The first-order chi connectivity index (χ1) is 4.20. The van der Waals surface area contributed by atoms with E-state index < -0.39 is 18.2 Å². The van der Waals surface area contributed by atoms with Gasteiger partial charge in [-0.2, -0.15) is 0 Å². The Kier molecular flexibility index (Phi) is 13.1. The lowest BCUT2D eigenvalue weighted by molar-refractivity contribution is -0.144. The minimum atomic E-state index is -0.762. The maximum Gasteiger partial charge on any atom is 0.313 e. The minimum absolute atomic E-state index is 0. The van der Waals surface area contributed by atoms with Crippen molar-refractivity contribution in [2.24, 2.45) is 0 Å². The van der Waals surface area contributed by atoms with Crippen LogP contribution in [0.2, 0.25) is 0 Å². The lowest BCUT2D eigenvalue weighted by Gasteiger charge is -1.90. The summed E-state index contributed by atoms with van der Waals surface area (Å²) in [5.41, 5.74) is 0. The molecule has 0 bridgehead atoms. The van der Waals surface area contributed by atoms with Crippen LogP contribution in [0.25, 0.3) is 0 Å². The maximum atomic E-state index is 10.2. The Morgan fingerprint density at radius 2 is 1.82 bits per heavy atom. The molecule has 4 heteroatoms. The standard InChI is InChI=1S/C5H6O4.2CH4/c1-9-5(8)2-4(7)3-6;;/h3H,2H2,1H3;2*1H4. The smallest absolute Gasteiger partial charge is 0.313 e. The molecule has 66 valence electrons. The first-order valence-corrected chi connectivity index (χ1v) is 2.25. The van der Waals surface area contributed by atoms with Crippen molar-refractivity contribution in [2.75, 3.05) is 7.11 Å². The molecule has 0 radical (unpaired) electrons. The molecule has 0 unspecified atom stereocenters. The average molecular weight is 162 g/mol. The van der Waals surface area contributed by atoms with Gasteiger partial charge in [-0.25, -0.2) is 0 Å². The van der Waals surface area contributed by atoms with E-state index in [9.17, 15) is 14.4 Å². The van der Waals surface area contributed by atoms with E-state index in [0.29, 0.717) is 0 Å². The molecule has 0 aliphatic heterocycles. The van der Waals surface area contributed by atoms with Crippen LogP contribution >= 0.6 is 0 Å². The first kappa shape index (κ1) is 16.4. The van der Waals surface area contributed by atoms with Crippen molar-refractivity contribution in [1.82, 2.24) is 0 Å². The summed E-state index contributed by atoms with van der Waals surface area (Å²) in [6.45, 7) is 0. The highest BCUT2D eigenvalue weighted by atomic mass is 16.5. The van der Waals surface area contributed by atoms with Gasteiger partial charge in [0.15, 0.2) is 6.29 Å². The van der Waals surface area contributed by atoms with Crippen LogP contribution in [0, 0.1) is 0 Å². The number of hydrogen-bond donors (Lipinski definition) is 0. The second-order valence-electron chi connectivity index (χ2n) is 1.34. The Morgan fingerprint density at radius 1 is 1.36 bits per heavy atom. The van der Waals surface area contributed by atoms with Crippen LogP contribution in [0.3, 0.4) is 0 Å². The molecule has 0 saturated carbocycles. The number of hydrogen-bond acceptors (Lipinski definition) is 4. The molecule has 0 heterocycles. The minimum Gasteiger partial charge on any atom is -0.469 e. The number of esters is 1. The average Bonchev–Trinajstić information content (AvgIpc) is 1.87. The van der Waals surface area contributed by atoms with E-state index in [1.165, 1.54) is 0 Å². The molecule has 0 aromatic heterocycles. The molecule has 0 amide bonds. The van der Waals surface area contributed by atoms with Crippen molar-refractivity contribution >= 4 is 18.0 Å². The summed E-state index contributed by atoms with van der Waals surface area (Å²) in [6, 6.07) is 0. The summed E-state index contributed by atoms with van der Waals surface area (Å²) in [5, 5.41) is 0. The van der Waals surface area contributed by atoms with E-state index in [1.54, 1.807) is 0 Å². The first-order valence-electron chi connectivity index (χ1n) is 2.25. The van der Waals surface area contributed by atoms with Crippen molar-refractivity contribution in [1.29, 1.82) is 0 Å². The quantitative estimate of drug-likeness (QED) is 0.264. The van der Waals surface area contributed by atoms with E-state index in [2.05, 4.69) is 4.74 Å². The van der Waals surface area contributed by atoms with Gasteiger partial charge in [-0.05, 0) is 0 Å². The third-order valence-electron chi connectivity index (χ3n) is 0.678. The zero-order valence-corrected chi connectivity index (χ0v) is 4.92. The second-order valence-corrected chi connectivity index (χ2v) is 1.34. The Labute approximate surface area is 66.5 Å². The van der Waals surface area contributed by atoms with Crippen molar-refractivity contribution in [3.63, 3.8) is 0 Å². The van der Waals surface area contributed by atoms with Crippen LogP contribution in [0.4, 0.5) is 0 Å². The van der Waals surface area contributed by atoms with E-state index in [0.717, 1.165) is 7.11 Å². The molecular formula is C7H14O4. The third-order valence-corrected chi connectivity index (χ3v) is 0.678. The molecular weight excluding hydrogens is 148 g/mol. The number of carbonyl (C=O) groups is 3. The van der Waals surface area contributed by atoms with Gasteiger partial charge in [-0.1, -0.05) is 14.9 Å². The highest BCUT2D eigenvalue weighted by Crippen LogP contribution is 1.82. The Bertz CT molecular complexity index is 139. The van der Waals surface area contributed by atoms with Crippen LogP contribution in [-0.4, -0.2) is 25.1 Å². The number of rotatable bonds is 3. The number of carbonyl (C=O) groups excluding carboxylic acids is 3. The lowest BCUT2D eigenvalue weighted by atomic mass is 10.3. The number of ether oxygens (including phenoxy) is 1. The Morgan fingerprint density at radius 3 is 2.09 bits per heavy atom. The van der Waals surface area contributed by atoms with Gasteiger partial charge < -0.3 is 4.74 Å². The van der Waals surface area contributed by atoms with Crippen LogP contribution in [0.15, 0.2) is 0 Å². The van der Waals surface area contributed by atoms with Crippen LogP contribution in [0.5, 0.6) is 0 Å². The SMILES string of the molecule is C.C.COC(=O)CC(=O)C=O. The van der Waals surface area contributed by atoms with Crippen LogP contribution < -0.4 is 0 Å². The fourth-order valence-electron chi connectivity index (χ4n) is 0.256. The zero-order valence-electron chi connectivity index (χ0n) is 4.92. The van der Waals surface area contributed by atoms with E-state index in [-0.39, 0.29) is 21.1 Å². The van der Waals surface area contributed by atoms with Gasteiger partial charge >= 0.3 is 5.97 Å². The van der Waals surface area contributed by atoms with Gasteiger partial charge in [0.2, 0.25) is 5.78 Å². The number of ketones is 1. The molecule has 0 aliphatic carbocycles. The molecule has 0 fully saturated rings. The van der Waals surface area contributed by atoms with Crippen molar-refractivity contribution in [3.05, 3.63) is 0 Å². The largest absolute Gasteiger partial charge is 0.469 e. The molecule has 0 aliphatic rings. The molecule has 0 rings (SSSR count). The predicted octanol–water partition coefficient (Wildman–Crippen LogP) is 0.590. The highest BCUT2D eigenvalue weighted by molar-refractivity contribution is 6.28. The van der Waals surface area contributed by atoms with Gasteiger partial charge in [0, 0.05) is 0 Å². The maximum absolute atomic E-state index is 10.2. The van der Waals surface area contributed by atoms with Gasteiger partial charge in [-0.3, -0.25) is 14.4 Å². The summed E-state index contributed by atoms with van der Waals surface area (Å²) in [4.78, 5) is 29.9. The number of aldehydes is 1. The molecule has 4 nitrogen and oxygen atoms in total. The predicted molar refractivity (Wildman–Crippen MR) is 41.2 cm³/mol. The van der Waals surface area contributed by atoms with Crippen LogP contribution in [-0.2, 0) is 19.1 Å². The second kappa shape index (κ2) is 8.81. The normalized spacial score (nSPS) is 6.64. The topological polar surface area (TPSA) is 60.4 Å². The molecule has 0 N–H and O–H groups in total. The summed E-state index contributed by atoms with van der Waals surface area (Å²) in [6.07, 6.45) is -0.364. The summed E-state index contributed by atoms with van der Waals surface area (Å²) >= 11 is 0.